The standard InChI is InChI=1S/C20H21N5O4/c1-13(10-24-19(28)15-12-22-9-6-16(15)26)5-8-21-11-14(2)25-20(29)18-17(27)4-3-7-23-18/h3-9,11-12,21,27H,1,10H2,2H3,(H,22,26)(H,24,28)(H,25,29)/b8-5-,14-11+. The van der Waals surface area contributed by atoms with E-state index in [0.717, 1.165) is 0 Å². The maximum Gasteiger partial charge on any atom is 0.277 e. The number of amides is 2. The maximum atomic E-state index is 12.0. The Morgan fingerprint density at radius 2 is 2.10 bits per heavy atom. The number of carbonyl (C=O) groups excluding carboxylic acids is 2. The number of allylic oxidation sites excluding steroid dienone is 1. The van der Waals surface area contributed by atoms with Gasteiger partial charge in [0.2, 0.25) is 0 Å². The van der Waals surface area contributed by atoms with Crippen LogP contribution in [0.1, 0.15) is 27.8 Å². The van der Waals surface area contributed by atoms with Crippen LogP contribution < -0.4 is 21.4 Å². The molecule has 2 aromatic rings. The number of aromatic amines is 1. The number of H-pyrrole nitrogens is 1. The van der Waals surface area contributed by atoms with E-state index in [0.29, 0.717) is 11.3 Å². The summed E-state index contributed by atoms with van der Waals surface area (Å²) in [6.45, 7) is 5.62. The number of rotatable bonds is 8. The fourth-order valence-corrected chi connectivity index (χ4v) is 2.13. The lowest BCUT2D eigenvalue weighted by molar-refractivity contribution is 0.0948. The largest absolute Gasteiger partial charge is 0.505 e. The number of nitrogens with zero attached hydrogens (tertiary/aromatic N) is 1. The molecule has 0 spiro atoms. The van der Waals surface area contributed by atoms with Gasteiger partial charge < -0.3 is 26.0 Å². The molecule has 9 heteroatoms. The fourth-order valence-electron chi connectivity index (χ4n) is 2.13. The summed E-state index contributed by atoms with van der Waals surface area (Å²) in [4.78, 5) is 42.1. The van der Waals surface area contributed by atoms with Crippen molar-refractivity contribution < 1.29 is 14.7 Å². The minimum atomic E-state index is -0.536. The molecule has 0 radical (unpaired) electrons. The average Bonchev–Trinajstić information content (AvgIpc) is 2.70. The van der Waals surface area contributed by atoms with E-state index in [1.807, 2.05) is 0 Å². The zero-order valence-electron chi connectivity index (χ0n) is 15.7. The number of aromatic hydroxyl groups is 1. The Labute approximate surface area is 166 Å². The molecule has 0 bridgehead atoms. The second-order valence-corrected chi connectivity index (χ2v) is 5.92. The lowest BCUT2D eigenvalue weighted by Crippen LogP contribution is -2.29. The normalized spacial score (nSPS) is 11.1. The summed E-state index contributed by atoms with van der Waals surface area (Å²) >= 11 is 0. The van der Waals surface area contributed by atoms with E-state index in [4.69, 9.17) is 0 Å². The molecule has 2 rings (SSSR count). The monoisotopic (exact) mass is 395 g/mol. The maximum absolute atomic E-state index is 12.0. The zero-order valence-corrected chi connectivity index (χ0v) is 15.7. The SMILES string of the molecule is C=C(/C=C\N/C=C(\C)NC(=O)c1ncccc1O)CNC(=O)c1c[nH]ccc1=O. The lowest BCUT2D eigenvalue weighted by atomic mass is 10.2. The van der Waals surface area contributed by atoms with Gasteiger partial charge in [-0.25, -0.2) is 4.98 Å². The van der Waals surface area contributed by atoms with E-state index in [2.05, 4.69) is 32.5 Å². The molecule has 0 aromatic carbocycles. The van der Waals surface area contributed by atoms with Gasteiger partial charge in [0.1, 0.15) is 11.3 Å². The van der Waals surface area contributed by atoms with Crippen molar-refractivity contribution in [2.24, 2.45) is 0 Å². The van der Waals surface area contributed by atoms with Crippen molar-refractivity contribution in [1.82, 2.24) is 25.9 Å². The van der Waals surface area contributed by atoms with Crippen LogP contribution in [-0.4, -0.2) is 33.4 Å². The summed E-state index contributed by atoms with van der Waals surface area (Å²) in [5.41, 5.74) is 0.664. The smallest absolute Gasteiger partial charge is 0.277 e. The van der Waals surface area contributed by atoms with Crippen molar-refractivity contribution in [1.29, 1.82) is 0 Å². The first-order chi connectivity index (χ1) is 13.9. The topological polar surface area (TPSA) is 136 Å². The highest BCUT2D eigenvalue weighted by molar-refractivity contribution is 5.95. The third kappa shape index (κ3) is 6.51. The second kappa shape index (κ2) is 10.3. The van der Waals surface area contributed by atoms with Crippen LogP contribution in [0.15, 0.2) is 77.9 Å². The molecule has 5 N–H and O–H groups in total. The predicted molar refractivity (Wildman–Crippen MR) is 108 cm³/mol. The van der Waals surface area contributed by atoms with Crippen molar-refractivity contribution >= 4 is 11.8 Å². The molecule has 0 saturated heterocycles. The third-order valence-electron chi connectivity index (χ3n) is 3.57. The molecular weight excluding hydrogens is 374 g/mol. The Morgan fingerprint density at radius 3 is 2.83 bits per heavy atom. The molecule has 2 heterocycles. The Bertz CT molecular complexity index is 1020. The van der Waals surface area contributed by atoms with E-state index in [9.17, 15) is 19.5 Å². The van der Waals surface area contributed by atoms with Gasteiger partial charge in [-0.3, -0.25) is 14.4 Å². The Kier molecular flexibility index (Phi) is 7.49. The second-order valence-electron chi connectivity index (χ2n) is 5.92. The van der Waals surface area contributed by atoms with E-state index >= 15 is 0 Å². The number of nitrogens with one attached hydrogen (secondary N) is 4. The fraction of sp³-hybridized carbons (Fsp3) is 0.100. The summed E-state index contributed by atoms with van der Waals surface area (Å²) in [7, 11) is 0. The van der Waals surface area contributed by atoms with Gasteiger partial charge in [0.05, 0.1) is 0 Å². The van der Waals surface area contributed by atoms with Crippen molar-refractivity contribution in [3.05, 3.63) is 94.6 Å². The summed E-state index contributed by atoms with van der Waals surface area (Å²) in [6.07, 6.45) is 8.92. The summed E-state index contributed by atoms with van der Waals surface area (Å²) in [5, 5.41) is 17.6. The molecule has 150 valence electrons. The van der Waals surface area contributed by atoms with Gasteiger partial charge >= 0.3 is 0 Å². The minimum Gasteiger partial charge on any atom is -0.505 e. The molecular formula is C20H21N5O4. The number of carbonyl (C=O) groups is 2. The van der Waals surface area contributed by atoms with Crippen LogP contribution in [0.5, 0.6) is 5.75 Å². The quantitative estimate of drug-likeness (QED) is 0.426. The lowest BCUT2D eigenvalue weighted by Gasteiger charge is -2.06. The summed E-state index contributed by atoms with van der Waals surface area (Å²) in [6, 6.07) is 4.17. The van der Waals surface area contributed by atoms with Crippen LogP contribution in [0.2, 0.25) is 0 Å². The highest BCUT2D eigenvalue weighted by atomic mass is 16.3. The highest BCUT2D eigenvalue weighted by Gasteiger charge is 2.11. The van der Waals surface area contributed by atoms with Crippen molar-refractivity contribution in [2.45, 2.75) is 6.92 Å². The molecule has 0 fully saturated rings. The van der Waals surface area contributed by atoms with Gasteiger partial charge in [0.25, 0.3) is 11.8 Å². The molecule has 0 aliphatic carbocycles. The van der Waals surface area contributed by atoms with Gasteiger partial charge in [0, 0.05) is 49.3 Å². The van der Waals surface area contributed by atoms with Crippen LogP contribution in [0.4, 0.5) is 0 Å². The van der Waals surface area contributed by atoms with Crippen molar-refractivity contribution in [3.63, 3.8) is 0 Å². The number of pyridine rings is 2. The first-order valence-electron chi connectivity index (χ1n) is 8.56. The molecule has 2 aromatic heterocycles. The van der Waals surface area contributed by atoms with Crippen LogP contribution in [0.25, 0.3) is 0 Å². The van der Waals surface area contributed by atoms with Crippen LogP contribution >= 0.6 is 0 Å². The first-order valence-corrected chi connectivity index (χ1v) is 8.56. The summed E-state index contributed by atoms with van der Waals surface area (Å²) < 4.78 is 0. The van der Waals surface area contributed by atoms with Crippen LogP contribution in [0.3, 0.4) is 0 Å². The van der Waals surface area contributed by atoms with E-state index in [-0.39, 0.29) is 29.0 Å². The highest BCUT2D eigenvalue weighted by Crippen LogP contribution is 2.12. The number of hydrogen-bond donors (Lipinski definition) is 5. The molecule has 0 aliphatic heterocycles. The Morgan fingerprint density at radius 1 is 1.31 bits per heavy atom. The van der Waals surface area contributed by atoms with Gasteiger partial charge in [-0.15, -0.1) is 0 Å². The van der Waals surface area contributed by atoms with Gasteiger partial charge in [0.15, 0.2) is 11.1 Å². The zero-order chi connectivity index (χ0) is 21.2. The van der Waals surface area contributed by atoms with E-state index in [1.165, 1.54) is 43.0 Å². The Balaban J connectivity index is 1.78. The van der Waals surface area contributed by atoms with Gasteiger partial charge in [-0.05, 0) is 30.7 Å². The third-order valence-corrected chi connectivity index (χ3v) is 3.57. The van der Waals surface area contributed by atoms with Crippen LogP contribution in [-0.2, 0) is 0 Å². The molecule has 2 amide bonds. The molecule has 9 nitrogen and oxygen atoms in total. The first kappa shape index (κ1) is 21.2. The van der Waals surface area contributed by atoms with E-state index < -0.39 is 11.8 Å². The number of aromatic nitrogens is 2. The Hall–Kier alpha value is -4.14. The van der Waals surface area contributed by atoms with Crippen LogP contribution in [0, 0.1) is 0 Å². The minimum absolute atomic E-state index is 0.0237. The molecule has 0 saturated carbocycles. The average molecular weight is 395 g/mol. The van der Waals surface area contributed by atoms with Crippen molar-refractivity contribution in [3.8, 4) is 5.75 Å². The molecule has 0 aliphatic rings. The predicted octanol–water partition coefficient (Wildman–Crippen LogP) is 1.16. The molecule has 29 heavy (non-hydrogen) atoms. The number of hydrogen-bond acceptors (Lipinski definition) is 6. The van der Waals surface area contributed by atoms with Gasteiger partial charge in [-0.2, -0.15) is 0 Å². The van der Waals surface area contributed by atoms with Gasteiger partial charge in [-0.1, -0.05) is 6.58 Å². The van der Waals surface area contributed by atoms with Crippen molar-refractivity contribution in [2.75, 3.05) is 6.54 Å². The summed E-state index contributed by atoms with van der Waals surface area (Å²) in [5.74, 6) is -1.24. The molecule has 0 atom stereocenters. The molecule has 0 unspecified atom stereocenters. The van der Waals surface area contributed by atoms with E-state index in [1.54, 1.807) is 19.2 Å².